The first kappa shape index (κ1) is 15.4. The fourth-order valence-electron chi connectivity index (χ4n) is 2.44. The Morgan fingerprint density at radius 1 is 0.957 bits per heavy atom. The first-order valence-corrected chi connectivity index (χ1v) is 7.64. The lowest BCUT2D eigenvalue weighted by molar-refractivity contribution is 0.355. The van der Waals surface area contributed by atoms with Crippen LogP contribution in [0.2, 0.25) is 0 Å². The van der Waals surface area contributed by atoms with Gasteiger partial charge in [0.15, 0.2) is 16.3 Å². The summed E-state index contributed by atoms with van der Waals surface area (Å²) >= 11 is 5.45. The van der Waals surface area contributed by atoms with E-state index in [1.165, 1.54) is 5.56 Å². The summed E-state index contributed by atoms with van der Waals surface area (Å²) < 4.78 is 13.2. The fraction of sp³-hybridized carbons (Fsp3) is 0.167. The van der Waals surface area contributed by atoms with Gasteiger partial charge in [0.25, 0.3) is 0 Å². The maximum atomic E-state index is 5.45. The molecule has 0 saturated heterocycles. The van der Waals surface area contributed by atoms with Crippen molar-refractivity contribution in [3.8, 4) is 28.4 Å². The third-order valence-corrected chi connectivity index (χ3v) is 4.02. The van der Waals surface area contributed by atoms with E-state index in [4.69, 9.17) is 21.7 Å². The number of benzene rings is 2. The van der Waals surface area contributed by atoms with Gasteiger partial charge in [0.2, 0.25) is 0 Å². The van der Waals surface area contributed by atoms with Crippen LogP contribution in [0.15, 0.2) is 48.7 Å². The summed E-state index contributed by atoms with van der Waals surface area (Å²) in [4.78, 5) is 3.24. The quantitative estimate of drug-likeness (QED) is 0.716. The molecular weight excluding hydrogens is 308 g/mol. The topological polar surface area (TPSA) is 39.2 Å². The zero-order chi connectivity index (χ0) is 16.4. The molecule has 3 aromatic rings. The minimum absolute atomic E-state index is 0.652. The highest BCUT2D eigenvalue weighted by Gasteiger charge is 2.09. The van der Waals surface area contributed by atoms with Gasteiger partial charge in [-0.05, 0) is 49.5 Å². The number of aryl methyl sites for hydroxylation is 1. The summed E-state index contributed by atoms with van der Waals surface area (Å²) in [6.07, 6.45) is 1.99. The number of ether oxygens (including phenoxy) is 2. The molecule has 23 heavy (non-hydrogen) atoms. The van der Waals surface area contributed by atoms with E-state index in [1.807, 2.05) is 29.0 Å². The Hall–Kier alpha value is -2.53. The molecule has 2 aromatic carbocycles. The Kier molecular flexibility index (Phi) is 4.21. The highest BCUT2D eigenvalue weighted by Crippen LogP contribution is 2.32. The van der Waals surface area contributed by atoms with Gasteiger partial charge in [-0.15, -0.1) is 0 Å². The highest BCUT2D eigenvalue weighted by molar-refractivity contribution is 7.71. The molecule has 1 N–H and O–H groups in total. The van der Waals surface area contributed by atoms with Crippen molar-refractivity contribution in [1.82, 2.24) is 9.55 Å². The Bertz CT molecular complexity index is 879. The number of imidazole rings is 1. The van der Waals surface area contributed by atoms with Crippen LogP contribution in [0, 0.1) is 11.7 Å². The number of aromatic amines is 1. The molecule has 5 heteroatoms. The molecule has 0 bridgehead atoms. The van der Waals surface area contributed by atoms with Crippen molar-refractivity contribution in [3.63, 3.8) is 0 Å². The second kappa shape index (κ2) is 6.30. The summed E-state index contributed by atoms with van der Waals surface area (Å²) in [6.45, 7) is 2.06. The van der Waals surface area contributed by atoms with Crippen LogP contribution in [0.1, 0.15) is 5.56 Å². The van der Waals surface area contributed by atoms with E-state index in [0.29, 0.717) is 16.3 Å². The normalized spacial score (nSPS) is 10.6. The summed E-state index contributed by atoms with van der Waals surface area (Å²) in [6, 6.07) is 14.0. The van der Waals surface area contributed by atoms with E-state index in [-0.39, 0.29) is 0 Å². The lowest BCUT2D eigenvalue weighted by Gasteiger charge is -2.08. The number of rotatable bonds is 4. The molecule has 1 heterocycles. The maximum Gasteiger partial charge on any atom is 0.182 e. The maximum absolute atomic E-state index is 5.45. The molecule has 118 valence electrons. The third-order valence-electron chi connectivity index (χ3n) is 3.73. The molecular formula is C18H18N2O2S. The van der Waals surface area contributed by atoms with E-state index in [1.54, 1.807) is 14.2 Å². The van der Waals surface area contributed by atoms with E-state index in [9.17, 15) is 0 Å². The number of aromatic nitrogens is 2. The fourth-order valence-corrected chi connectivity index (χ4v) is 2.71. The molecule has 1 aromatic heterocycles. The molecule has 0 aliphatic carbocycles. The van der Waals surface area contributed by atoms with Crippen LogP contribution in [0.3, 0.4) is 0 Å². The van der Waals surface area contributed by atoms with Crippen molar-refractivity contribution < 1.29 is 9.47 Å². The number of hydrogen-bond acceptors (Lipinski definition) is 3. The third kappa shape index (κ3) is 3.00. The van der Waals surface area contributed by atoms with Crippen LogP contribution >= 0.6 is 12.2 Å². The first-order chi connectivity index (χ1) is 11.1. The Morgan fingerprint density at radius 3 is 2.30 bits per heavy atom. The summed E-state index contributed by atoms with van der Waals surface area (Å²) in [5.74, 6) is 1.39. The zero-order valence-corrected chi connectivity index (χ0v) is 14.1. The number of nitrogens with one attached hydrogen (secondary N) is 1. The molecule has 3 rings (SSSR count). The molecule has 0 aliphatic heterocycles. The molecule has 0 saturated carbocycles. The smallest absolute Gasteiger partial charge is 0.182 e. The van der Waals surface area contributed by atoms with E-state index >= 15 is 0 Å². The number of methoxy groups -OCH3 is 2. The molecule has 0 atom stereocenters. The summed E-state index contributed by atoms with van der Waals surface area (Å²) in [7, 11) is 3.25. The minimum atomic E-state index is 0.652. The average Bonchev–Trinajstić information content (AvgIpc) is 2.96. The van der Waals surface area contributed by atoms with Crippen molar-refractivity contribution in [1.29, 1.82) is 0 Å². The molecule has 0 fully saturated rings. The van der Waals surface area contributed by atoms with Crippen LogP contribution < -0.4 is 9.47 Å². The Balaban J connectivity index is 2.04. The van der Waals surface area contributed by atoms with Crippen molar-refractivity contribution in [2.24, 2.45) is 0 Å². The van der Waals surface area contributed by atoms with Gasteiger partial charge in [-0.3, -0.25) is 4.57 Å². The predicted octanol–water partition coefficient (Wildman–Crippen LogP) is 4.53. The lowest BCUT2D eigenvalue weighted by Crippen LogP contribution is -1.91. The lowest BCUT2D eigenvalue weighted by atomic mass is 10.1. The molecule has 0 radical (unpaired) electrons. The van der Waals surface area contributed by atoms with Crippen LogP contribution in [0.5, 0.6) is 11.5 Å². The van der Waals surface area contributed by atoms with Gasteiger partial charge in [-0.1, -0.05) is 17.7 Å². The van der Waals surface area contributed by atoms with Crippen molar-refractivity contribution in [3.05, 3.63) is 59.0 Å². The van der Waals surface area contributed by atoms with Gasteiger partial charge >= 0.3 is 0 Å². The standard InChI is InChI=1S/C18H18N2O2S/c1-12-4-7-14(8-5-12)20-11-15(19-18(20)23)13-6-9-16(21-2)17(10-13)22-3/h4-11H,1-3H3,(H,19,23). The van der Waals surface area contributed by atoms with Crippen LogP contribution in [-0.4, -0.2) is 23.8 Å². The number of H-pyrrole nitrogens is 1. The second-order valence-corrected chi connectivity index (χ2v) is 5.63. The molecule has 0 aliphatic rings. The van der Waals surface area contributed by atoms with Gasteiger partial charge in [-0.25, -0.2) is 0 Å². The van der Waals surface area contributed by atoms with E-state index < -0.39 is 0 Å². The first-order valence-electron chi connectivity index (χ1n) is 7.23. The van der Waals surface area contributed by atoms with Crippen LogP contribution in [-0.2, 0) is 0 Å². The predicted molar refractivity (Wildman–Crippen MR) is 94.2 cm³/mol. The van der Waals surface area contributed by atoms with Crippen molar-refractivity contribution >= 4 is 12.2 Å². The van der Waals surface area contributed by atoms with Gasteiger partial charge in [0.1, 0.15) is 0 Å². The minimum Gasteiger partial charge on any atom is -0.493 e. The second-order valence-electron chi connectivity index (χ2n) is 5.25. The highest BCUT2D eigenvalue weighted by atomic mass is 32.1. The van der Waals surface area contributed by atoms with Gasteiger partial charge < -0.3 is 14.5 Å². The SMILES string of the molecule is COc1ccc(-c2cn(-c3ccc(C)cc3)c(=S)[nH]2)cc1OC. The molecule has 0 spiro atoms. The zero-order valence-electron chi connectivity index (χ0n) is 13.3. The monoisotopic (exact) mass is 326 g/mol. The Morgan fingerprint density at radius 2 is 1.65 bits per heavy atom. The van der Waals surface area contributed by atoms with Gasteiger partial charge in [-0.2, -0.15) is 0 Å². The van der Waals surface area contributed by atoms with Crippen molar-refractivity contribution in [2.75, 3.05) is 14.2 Å². The van der Waals surface area contributed by atoms with E-state index in [2.05, 4.69) is 36.2 Å². The van der Waals surface area contributed by atoms with Gasteiger partial charge in [0.05, 0.1) is 19.9 Å². The Labute approximate surface area is 140 Å². The molecule has 0 amide bonds. The number of nitrogens with zero attached hydrogens (tertiary/aromatic N) is 1. The van der Waals surface area contributed by atoms with Gasteiger partial charge in [0, 0.05) is 17.4 Å². The largest absolute Gasteiger partial charge is 0.493 e. The summed E-state index contributed by atoms with van der Waals surface area (Å²) in [5.41, 5.74) is 4.16. The van der Waals surface area contributed by atoms with Crippen LogP contribution in [0.4, 0.5) is 0 Å². The molecule has 4 nitrogen and oxygen atoms in total. The average molecular weight is 326 g/mol. The van der Waals surface area contributed by atoms with Crippen LogP contribution in [0.25, 0.3) is 16.9 Å². The summed E-state index contributed by atoms with van der Waals surface area (Å²) in [5, 5.41) is 0. The van der Waals surface area contributed by atoms with Crippen molar-refractivity contribution in [2.45, 2.75) is 6.92 Å². The van der Waals surface area contributed by atoms with E-state index in [0.717, 1.165) is 16.9 Å². The molecule has 0 unspecified atom stereocenters. The number of hydrogen-bond donors (Lipinski definition) is 1.